The lowest BCUT2D eigenvalue weighted by molar-refractivity contribution is 0.272. The Labute approximate surface area is 73.8 Å². The molecule has 1 atom stereocenters. The third kappa shape index (κ3) is 1.36. The molecular weight excluding hydrogens is 146 g/mol. The number of nitrogens with zero attached hydrogens (tertiary/aromatic N) is 1. The second-order valence-electron chi connectivity index (χ2n) is 3.76. The number of hydrogen-bond donors (Lipinski definition) is 0. The molecule has 0 N–H and O–H groups in total. The fourth-order valence-corrected chi connectivity index (χ4v) is 1.88. The zero-order valence-electron chi connectivity index (χ0n) is 7.53. The molecule has 1 aromatic heterocycles. The first-order valence-corrected chi connectivity index (χ1v) is 4.78. The Balaban J connectivity index is 2.08. The van der Waals surface area contributed by atoms with E-state index in [1.165, 1.54) is 24.8 Å². The maximum absolute atomic E-state index is 4.03. The van der Waals surface area contributed by atoms with E-state index in [0.717, 1.165) is 11.8 Å². The van der Waals surface area contributed by atoms with Crippen molar-refractivity contribution < 1.29 is 0 Å². The zero-order chi connectivity index (χ0) is 8.39. The summed E-state index contributed by atoms with van der Waals surface area (Å²) >= 11 is 0. The van der Waals surface area contributed by atoms with Crippen LogP contribution in [0.5, 0.6) is 0 Å². The lowest BCUT2D eigenvalue weighted by Crippen LogP contribution is -2.17. The van der Waals surface area contributed by atoms with Crippen molar-refractivity contribution in [3.8, 4) is 0 Å². The molecule has 1 saturated carbocycles. The molecule has 0 spiro atoms. The van der Waals surface area contributed by atoms with Crippen LogP contribution in [0.2, 0.25) is 0 Å². The van der Waals surface area contributed by atoms with Gasteiger partial charge in [-0.25, -0.2) is 0 Å². The highest BCUT2D eigenvalue weighted by molar-refractivity contribution is 5.16. The average molecular weight is 161 g/mol. The molecule has 1 fully saturated rings. The first-order chi connectivity index (χ1) is 5.88. The van der Waals surface area contributed by atoms with Gasteiger partial charge < -0.3 is 0 Å². The fraction of sp³-hybridized carbons (Fsp3) is 0.545. The number of pyridine rings is 1. The van der Waals surface area contributed by atoms with Gasteiger partial charge in [0.2, 0.25) is 0 Å². The summed E-state index contributed by atoms with van der Waals surface area (Å²) in [6.07, 6.45) is 8.06. The molecule has 1 heteroatoms. The average Bonchev–Trinajstić information content (AvgIpc) is 2.03. The topological polar surface area (TPSA) is 12.9 Å². The van der Waals surface area contributed by atoms with Crippen LogP contribution in [0.25, 0.3) is 0 Å². The maximum Gasteiger partial charge on any atom is 0.0270 e. The van der Waals surface area contributed by atoms with Gasteiger partial charge in [-0.2, -0.15) is 0 Å². The molecule has 1 unspecified atom stereocenters. The number of hydrogen-bond acceptors (Lipinski definition) is 1. The van der Waals surface area contributed by atoms with E-state index in [0.29, 0.717) is 0 Å². The summed E-state index contributed by atoms with van der Waals surface area (Å²) in [5, 5.41) is 0. The van der Waals surface area contributed by atoms with Gasteiger partial charge in [0.05, 0.1) is 0 Å². The van der Waals surface area contributed by atoms with Gasteiger partial charge >= 0.3 is 0 Å². The van der Waals surface area contributed by atoms with Crippen molar-refractivity contribution in [2.45, 2.75) is 32.1 Å². The van der Waals surface area contributed by atoms with Crippen LogP contribution in [-0.2, 0) is 0 Å². The van der Waals surface area contributed by atoms with Gasteiger partial charge in [0.25, 0.3) is 0 Å². The lowest BCUT2D eigenvalue weighted by Gasteiger charge is -2.31. The van der Waals surface area contributed by atoms with Gasteiger partial charge in [-0.15, -0.1) is 0 Å². The van der Waals surface area contributed by atoms with Crippen molar-refractivity contribution in [3.05, 3.63) is 30.1 Å². The van der Waals surface area contributed by atoms with Crippen molar-refractivity contribution in [1.82, 2.24) is 4.98 Å². The normalized spacial score (nSPS) is 20.1. The second kappa shape index (κ2) is 3.26. The quantitative estimate of drug-likeness (QED) is 0.649. The van der Waals surface area contributed by atoms with Crippen molar-refractivity contribution in [2.75, 3.05) is 0 Å². The van der Waals surface area contributed by atoms with E-state index in [-0.39, 0.29) is 0 Å². The summed E-state index contributed by atoms with van der Waals surface area (Å²) in [6.45, 7) is 2.33. The summed E-state index contributed by atoms with van der Waals surface area (Å²) in [4.78, 5) is 4.03. The molecule has 1 aromatic rings. The Morgan fingerprint density at radius 3 is 2.50 bits per heavy atom. The van der Waals surface area contributed by atoms with Crippen molar-refractivity contribution in [1.29, 1.82) is 0 Å². The lowest BCUT2D eigenvalue weighted by atomic mass is 9.74. The Kier molecular flexibility index (Phi) is 2.11. The Morgan fingerprint density at radius 2 is 2.00 bits per heavy atom. The summed E-state index contributed by atoms with van der Waals surface area (Å²) in [6, 6.07) is 4.28. The Morgan fingerprint density at radius 1 is 1.33 bits per heavy atom. The largest absolute Gasteiger partial charge is 0.265 e. The van der Waals surface area contributed by atoms with Gasteiger partial charge in [-0.3, -0.25) is 4.98 Å². The minimum absolute atomic E-state index is 0.738. The van der Waals surface area contributed by atoms with E-state index >= 15 is 0 Å². The summed E-state index contributed by atoms with van der Waals surface area (Å²) in [7, 11) is 0. The maximum atomic E-state index is 4.03. The number of aromatic nitrogens is 1. The Bertz CT molecular complexity index is 238. The van der Waals surface area contributed by atoms with Gasteiger partial charge in [-0.1, -0.05) is 13.3 Å². The van der Waals surface area contributed by atoms with Crippen molar-refractivity contribution >= 4 is 0 Å². The van der Waals surface area contributed by atoms with E-state index < -0.39 is 0 Å². The van der Waals surface area contributed by atoms with Crippen LogP contribution in [0.3, 0.4) is 0 Å². The highest BCUT2D eigenvalue weighted by Gasteiger charge is 2.24. The van der Waals surface area contributed by atoms with Crippen LogP contribution >= 0.6 is 0 Å². The van der Waals surface area contributed by atoms with Gasteiger partial charge in [-0.05, 0) is 42.4 Å². The molecular formula is C11H15N. The minimum Gasteiger partial charge on any atom is -0.265 e. The molecule has 1 heterocycles. The first kappa shape index (κ1) is 7.78. The summed E-state index contributed by atoms with van der Waals surface area (Å²) < 4.78 is 0. The van der Waals surface area contributed by atoms with E-state index in [1.54, 1.807) is 0 Å². The predicted octanol–water partition coefficient (Wildman–Crippen LogP) is 2.99. The highest BCUT2D eigenvalue weighted by atomic mass is 14.6. The van der Waals surface area contributed by atoms with Crippen LogP contribution in [0.15, 0.2) is 24.5 Å². The molecule has 2 rings (SSSR count). The minimum atomic E-state index is 0.738. The molecule has 0 aliphatic heterocycles. The smallest absolute Gasteiger partial charge is 0.0270 e. The number of rotatable bonds is 2. The van der Waals surface area contributed by atoms with E-state index in [2.05, 4.69) is 24.0 Å². The van der Waals surface area contributed by atoms with Crippen LogP contribution in [0, 0.1) is 5.92 Å². The van der Waals surface area contributed by atoms with Gasteiger partial charge in [0, 0.05) is 12.4 Å². The van der Waals surface area contributed by atoms with E-state index in [4.69, 9.17) is 0 Å². The monoisotopic (exact) mass is 161 g/mol. The molecule has 1 aliphatic carbocycles. The molecule has 0 saturated heterocycles. The van der Waals surface area contributed by atoms with Crippen molar-refractivity contribution in [3.63, 3.8) is 0 Å². The second-order valence-corrected chi connectivity index (χ2v) is 3.76. The molecule has 0 radical (unpaired) electrons. The Hall–Kier alpha value is -0.850. The molecule has 0 amide bonds. The fourth-order valence-electron chi connectivity index (χ4n) is 1.88. The van der Waals surface area contributed by atoms with Crippen LogP contribution in [0.1, 0.15) is 37.7 Å². The molecule has 1 nitrogen and oxygen atoms in total. The molecule has 0 aromatic carbocycles. The first-order valence-electron chi connectivity index (χ1n) is 4.78. The predicted molar refractivity (Wildman–Crippen MR) is 50.0 cm³/mol. The van der Waals surface area contributed by atoms with Crippen molar-refractivity contribution in [2.24, 2.45) is 5.92 Å². The molecule has 12 heavy (non-hydrogen) atoms. The summed E-state index contributed by atoms with van der Waals surface area (Å²) in [5.41, 5.74) is 1.45. The van der Waals surface area contributed by atoms with E-state index in [9.17, 15) is 0 Å². The van der Waals surface area contributed by atoms with E-state index in [1.807, 2.05) is 12.4 Å². The van der Waals surface area contributed by atoms with Gasteiger partial charge in [0.1, 0.15) is 0 Å². The summed E-state index contributed by atoms with van der Waals surface area (Å²) in [5.74, 6) is 1.68. The zero-order valence-corrected chi connectivity index (χ0v) is 7.53. The third-order valence-electron chi connectivity index (χ3n) is 3.09. The SMILES string of the molecule is CC(c1ccncc1)C1CCC1. The van der Waals surface area contributed by atoms with Crippen LogP contribution in [-0.4, -0.2) is 4.98 Å². The molecule has 1 aliphatic rings. The van der Waals surface area contributed by atoms with Crippen LogP contribution < -0.4 is 0 Å². The van der Waals surface area contributed by atoms with Crippen LogP contribution in [0.4, 0.5) is 0 Å². The molecule has 64 valence electrons. The standard InChI is InChI=1S/C11H15N/c1-9(10-3-2-4-10)11-5-7-12-8-6-11/h5-10H,2-4H2,1H3. The molecule has 0 bridgehead atoms. The third-order valence-corrected chi connectivity index (χ3v) is 3.09. The highest BCUT2D eigenvalue weighted by Crippen LogP contribution is 2.38. The van der Waals surface area contributed by atoms with Gasteiger partial charge in [0.15, 0.2) is 0 Å².